The van der Waals surface area contributed by atoms with Gasteiger partial charge in [0.1, 0.15) is 0 Å². The number of benzene rings is 3. The molecule has 0 atom stereocenters. The lowest BCUT2D eigenvalue weighted by Crippen LogP contribution is -2.34. The van der Waals surface area contributed by atoms with Gasteiger partial charge in [-0.05, 0) is 81.8 Å². The minimum Gasteiger partial charge on any atom is -0.504 e. The largest absolute Gasteiger partial charge is 0.504 e. The van der Waals surface area contributed by atoms with Crippen molar-refractivity contribution in [1.82, 2.24) is 10.6 Å². The fourth-order valence-corrected chi connectivity index (χ4v) is 4.34. The van der Waals surface area contributed by atoms with Gasteiger partial charge in [0.2, 0.25) is 11.7 Å². The molecule has 0 aliphatic carbocycles. The van der Waals surface area contributed by atoms with Crippen LogP contribution < -0.4 is 29.6 Å². The van der Waals surface area contributed by atoms with Gasteiger partial charge in [-0.25, -0.2) is 0 Å². The quantitative estimate of drug-likeness (QED) is 0.114. The molecule has 210 valence electrons. The lowest BCUT2D eigenvalue weighted by Gasteiger charge is -2.16. The minimum atomic E-state index is -0.409. The van der Waals surface area contributed by atoms with Crippen LogP contribution in [0.2, 0.25) is 0 Å². The van der Waals surface area contributed by atoms with Crippen LogP contribution in [0.15, 0.2) is 60.7 Å². The molecule has 2 amide bonds. The molecule has 0 aromatic heterocycles. The molecule has 0 saturated carbocycles. The maximum Gasteiger partial charge on any atom is 0.251 e. The van der Waals surface area contributed by atoms with Crippen molar-refractivity contribution < 1.29 is 33.6 Å². The van der Waals surface area contributed by atoms with Crippen molar-refractivity contribution in [3.8, 4) is 28.7 Å². The average molecular weight is 658 g/mol. The number of carbonyl (C=O) groups is 2. The Morgan fingerprint density at radius 2 is 1.50 bits per heavy atom. The van der Waals surface area contributed by atoms with Crippen LogP contribution in [0.3, 0.4) is 0 Å². The van der Waals surface area contributed by atoms with Gasteiger partial charge >= 0.3 is 0 Å². The lowest BCUT2D eigenvalue weighted by atomic mass is 10.0. The first-order valence-corrected chi connectivity index (χ1v) is 13.3. The smallest absolute Gasteiger partial charge is 0.251 e. The van der Waals surface area contributed by atoms with E-state index >= 15 is 0 Å². The van der Waals surface area contributed by atoms with E-state index in [0.717, 1.165) is 9.13 Å². The fourth-order valence-electron chi connectivity index (χ4n) is 3.77. The first kappa shape index (κ1) is 30.4. The lowest BCUT2D eigenvalue weighted by molar-refractivity contribution is -0.117. The van der Waals surface area contributed by atoms with Gasteiger partial charge in [-0.1, -0.05) is 24.3 Å². The standard InChI is InChI=1S/C30H31IN2O7/c1-37-25-11-9-19(16-24(25)34)15-22(21-17-26(38-2)29(40-4)27(18-21)39-3)30(36)33-14-13-32-28(35)12-10-20-7-5-6-8-23(20)31/h5-12,15-18,34H,13-14H2,1-4H3,(H,32,35)(H,33,36). The number of carbonyl (C=O) groups excluding carboxylic acids is 2. The fraction of sp³-hybridized carbons (Fsp3) is 0.200. The van der Waals surface area contributed by atoms with Crippen molar-refractivity contribution in [2.75, 3.05) is 41.5 Å². The van der Waals surface area contributed by atoms with Gasteiger partial charge in [0, 0.05) is 28.3 Å². The second kappa shape index (κ2) is 14.8. The maximum atomic E-state index is 13.4. The molecule has 0 bridgehead atoms. The number of nitrogens with one attached hydrogen (secondary N) is 2. The van der Waals surface area contributed by atoms with Crippen LogP contribution in [0.5, 0.6) is 28.7 Å². The number of halogens is 1. The first-order valence-electron chi connectivity index (χ1n) is 12.2. The predicted octanol–water partition coefficient (Wildman–Crippen LogP) is 4.52. The molecule has 3 aromatic carbocycles. The molecule has 0 spiro atoms. The highest BCUT2D eigenvalue weighted by atomic mass is 127. The number of rotatable bonds is 12. The summed E-state index contributed by atoms with van der Waals surface area (Å²) in [5, 5.41) is 15.8. The topological polar surface area (TPSA) is 115 Å². The summed E-state index contributed by atoms with van der Waals surface area (Å²) in [4.78, 5) is 25.7. The summed E-state index contributed by atoms with van der Waals surface area (Å²) in [6.45, 7) is 0.392. The maximum absolute atomic E-state index is 13.4. The summed E-state index contributed by atoms with van der Waals surface area (Å²) in [5.74, 6) is 0.692. The first-order chi connectivity index (χ1) is 19.3. The Hall–Kier alpha value is -4.19. The van der Waals surface area contributed by atoms with E-state index in [1.165, 1.54) is 40.6 Å². The number of amides is 2. The highest BCUT2D eigenvalue weighted by Gasteiger charge is 2.19. The van der Waals surface area contributed by atoms with E-state index in [1.807, 2.05) is 24.3 Å². The number of ether oxygens (including phenoxy) is 4. The molecule has 9 nitrogen and oxygen atoms in total. The zero-order chi connectivity index (χ0) is 29.1. The molecule has 3 rings (SSSR count). The predicted molar refractivity (Wildman–Crippen MR) is 163 cm³/mol. The second-order valence-electron chi connectivity index (χ2n) is 8.31. The third-order valence-corrected chi connectivity index (χ3v) is 6.75. The van der Waals surface area contributed by atoms with Gasteiger partial charge in [0.05, 0.1) is 28.4 Å². The van der Waals surface area contributed by atoms with Crippen LogP contribution in [-0.4, -0.2) is 58.4 Å². The Morgan fingerprint density at radius 3 is 2.10 bits per heavy atom. The van der Waals surface area contributed by atoms with Crippen molar-refractivity contribution in [2.24, 2.45) is 0 Å². The highest BCUT2D eigenvalue weighted by molar-refractivity contribution is 14.1. The van der Waals surface area contributed by atoms with Gasteiger partial charge in [0.15, 0.2) is 23.0 Å². The van der Waals surface area contributed by atoms with Crippen molar-refractivity contribution >= 4 is 52.1 Å². The number of hydrogen-bond acceptors (Lipinski definition) is 7. The van der Waals surface area contributed by atoms with Crippen LogP contribution in [-0.2, 0) is 9.59 Å². The molecule has 40 heavy (non-hydrogen) atoms. The van der Waals surface area contributed by atoms with E-state index in [-0.39, 0.29) is 30.3 Å². The van der Waals surface area contributed by atoms with Gasteiger partial charge < -0.3 is 34.7 Å². The van der Waals surface area contributed by atoms with Crippen LogP contribution in [0.1, 0.15) is 16.7 Å². The summed E-state index contributed by atoms with van der Waals surface area (Å²) in [5.41, 5.74) is 2.27. The van der Waals surface area contributed by atoms with Gasteiger partial charge in [-0.2, -0.15) is 0 Å². The van der Waals surface area contributed by atoms with Crippen LogP contribution in [0.4, 0.5) is 0 Å². The molecule has 0 aliphatic heterocycles. The van der Waals surface area contributed by atoms with Crippen molar-refractivity contribution in [1.29, 1.82) is 0 Å². The Kier molecular flexibility index (Phi) is 11.2. The zero-order valence-electron chi connectivity index (χ0n) is 22.6. The molecule has 0 aliphatic rings. The number of methoxy groups -OCH3 is 4. The van der Waals surface area contributed by atoms with Gasteiger partial charge in [-0.15, -0.1) is 0 Å². The number of phenolic OH excluding ortho intramolecular Hbond substituents is 1. The normalized spacial score (nSPS) is 11.2. The molecule has 0 saturated heterocycles. The molecule has 3 aromatic rings. The summed E-state index contributed by atoms with van der Waals surface area (Å²) >= 11 is 2.21. The zero-order valence-corrected chi connectivity index (χ0v) is 24.8. The Bertz CT molecular complexity index is 1390. The van der Waals surface area contributed by atoms with E-state index in [2.05, 4.69) is 33.2 Å². The number of aromatic hydroxyl groups is 1. The SMILES string of the molecule is COc1ccc(C=C(C(=O)NCCNC(=O)C=Cc2ccccc2I)c2cc(OC)c(OC)c(OC)c2)cc1O. The van der Waals surface area contributed by atoms with E-state index in [9.17, 15) is 14.7 Å². The molecule has 0 fully saturated rings. The monoisotopic (exact) mass is 658 g/mol. The Morgan fingerprint density at radius 1 is 0.850 bits per heavy atom. The third-order valence-electron chi connectivity index (χ3n) is 5.76. The van der Waals surface area contributed by atoms with Crippen LogP contribution in [0.25, 0.3) is 17.7 Å². The van der Waals surface area contributed by atoms with Crippen LogP contribution >= 0.6 is 22.6 Å². The molecule has 10 heteroatoms. The van der Waals surface area contributed by atoms with E-state index < -0.39 is 5.91 Å². The summed E-state index contributed by atoms with van der Waals surface area (Å²) < 4.78 is 22.5. The van der Waals surface area contributed by atoms with Crippen LogP contribution in [0, 0.1) is 3.57 Å². The van der Waals surface area contributed by atoms with E-state index in [0.29, 0.717) is 34.1 Å². The van der Waals surface area contributed by atoms with Gasteiger partial charge in [-0.3, -0.25) is 9.59 Å². The number of phenols is 1. The summed E-state index contributed by atoms with van der Waals surface area (Å²) in [6, 6.07) is 15.8. The van der Waals surface area contributed by atoms with Crippen molar-refractivity contribution in [2.45, 2.75) is 0 Å². The van der Waals surface area contributed by atoms with Crippen molar-refractivity contribution in [3.05, 3.63) is 80.9 Å². The van der Waals surface area contributed by atoms with E-state index in [4.69, 9.17) is 18.9 Å². The van der Waals surface area contributed by atoms with Gasteiger partial charge in [0.25, 0.3) is 5.91 Å². The van der Waals surface area contributed by atoms with E-state index in [1.54, 1.807) is 36.4 Å². The summed E-state index contributed by atoms with van der Waals surface area (Å²) in [6.07, 6.45) is 4.82. The Labute approximate surface area is 246 Å². The molecule has 0 heterocycles. The molecule has 0 radical (unpaired) electrons. The average Bonchev–Trinajstić information content (AvgIpc) is 2.96. The molecular formula is C30H31IN2O7. The van der Waals surface area contributed by atoms with Crippen molar-refractivity contribution in [3.63, 3.8) is 0 Å². The third kappa shape index (κ3) is 7.92. The Balaban J connectivity index is 1.80. The molecule has 3 N–H and O–H groups in total. The second-order valence-corrected chi connectivity index (χ2v) is 9.47. The minimum absolute atomic E-state index is 0.0677. The molecule has 0 unspecified atom stereocenters. The summed E-state index contributed by atoms with van der Waals surface area (Å²) in [7, 11) is 5.92. The highest BCUT2D eigenvalue weighted by Crippen LogP contribution is 2.40. The molecular weight excluding hydrogens is 627 g/mol. The number of hydrogen-bond donors (Lipinski definition) is 3.